The summed E-state index contributed by atoms with van der Waals surface area (Å²) in [5, 5.41) is 16.9. The Kier molecular flexibility index (Phi) is 5.39. The summed E-state index contributed by atoms with van der Waals surface area (Å²) in [6.45, 7) is 4.16. The van der Waals surface area contributed by atoms with Crippen molar-refractivity contribution in [3.05, 3.63) is 88.4 Å². The van der Waals surface area contributed by atoms with Gasteiger partial charge in [0.1, 0.15) is 5.69 Å². The molecule has 0 aliphatic carbocycles. The van der Waals surface area contributed by atoms with Crippen LogP contribution in [-0.4, -0.2) is 26.6 Å². The molecule has 0 saturated heterocycles. The normalized spacial score (nSPS) is 10.7. The predicted molar refractivity (Wildman–Crippen MR) is 120 cm³/mol. The molecule has 8 nitrogen and oxygen atoms in total. The van der Waals surface area contributed by atoms with E-state index >= 15 is 0 Å². The predicted octanol–water partition coefficient (Wildman–Crippen LogP) is 3.32. The van der Waals surface area contributed by atoms with Crippen LogP contribution < -0.4 is 11.1 Å². The van der Waals surface area contributed by atoms with Crippen molar-refractivity contribution in [3.8, 4) is 6.07 Å². The Bertz CT molecular complexity index is 1400. The molecule has 0 aliphatic heterocycles. The van der Waals surface area contributed by atoms with Gasteiger partial charge in [0.15, 0.2) is 0 Å². The summed E-state index contributed by atoms with van der Waals surface area (Å²) in [6, 6.07) is 17.8. The molecule has 0 fully saturated rings. The standard InChI is InChI=1S/C24H20N6O2/c1-14-22(15(2)30(29-14)13-17-9-7-16(12-25)8-10-17)28-24(32)21-11-19(23(26)31)18-5-3-4-6-20(18)27-21/h3-11H,13H2,1-2H3,(H2,26,31)(H,28,32). The van der Waals surface area contributed by atoms with Gasteiger partial charge in [-0.2, -0.15) is 10.4 Å². The molecule has 0 saturated carbocycles. The van der Waals surface area contributed by atoms with Gasteiger partial charge in [-0.05, 0) is 43.7 Å². The first-order valence-electron chi connectivity index (χ1n) is 9.91. The minimum Gasteiger partial charge on any atom is -0.366 e. The lowest BCUT2D eigenvalue weighted by Crippen LogP contribution is -2.18. The van der Waals surface area contributed by atoms with Crippen LogP contribution in [0.25, 0.3) is 10.9 Å². The molecule has 2 aromatic heterocycles. The van der Waals surface area contributed by atoms with E-state index < -0.39 is 11.8 Å². The first-order chi connectivity index (χ1) is 15.4. The van der Waals surface area contributed by atoms with Crippen molar-refractivity contribution in [2.45, 2.75) is 20.4 Å². The number of anilines is 1. The zero-order valence-electron chi connectivity index (χ0n) is 17.6. The third-order valence-electron chi connectivity index (χ3n) is 5.25. The molecule has 0 atom stereocenters. The largest absolute Gasteiger partial charge is 0.366 e. The highest BCUT2D eigenvalue weighted by molar-refractivity contribution is 6.10. The molecular weight excluding hydrogens is 404 g/mol. The maximum absolute atomic E-state index is 13.0. The number of nitriles is 1. The number of nitrogens with zero attached hydrogens (tertiary/aromatic N) is 4. The zero-order chi connectivity index (χ0) is 22.8. The summed E-state index contributed by atoms with van der Waals surface area (Å²) in [7, 11) is 0. The van der Waals surface area contributed by atoms with Crippen molar-refractivity contribution in [2.24, 2.45) is 5.73 Å². The van der Waals surface area contributed by atoms with Gasteiger partial charge >= 0.3 is 0 Å². The average Bonchev–Trinajstić information content (AvgIpc) is 3.05. The second kappa shape index (κ2) is 8.32. The molecule has 0 aliphatic rings. The maximum Gasteiger partial charge on any atom is 0.274 e. The van der Waals surface area contributed by atoms with E-state index in [0.717, 1.165) is 11.3 Å². The minimum atomic E-state index is -0.625. The third-order valence-corrected chi connectivity index (χ3v) is 5.25. The number of aromatic nitrogens is 3. The Balaban J connectivity index is 1.62. The Morgan fingerprint density at radius 3 is 2.53 bits per heavy atom. The van der Waals surface area contributed by atoms with E-state index in [-0.39, 0.29) is 11.3 Å². The number of fused-ring (bicyclic) bond motifs is 1. The van der Waals surface area contributed by atoms with Crippen molar-refractivity contribution in [2.75, 3.05) is 5.32 Å². The van der Waals surface area contributed by atoms with Crippen LogP contribution >= 0.6 is 0 Å². The number of para-hydroxylation sites is 1. The number of carbonyl (C=O) groups is 2. The van der Waals surface area contributed by atoms with Crippen molar-refractivity contribution < 1.29 is 9.59 Å². The number of nitrogens with one attached hydrogen (secondary N) is 1. The molecule has 3 N–H and O–H groups in total. The van der Waals surface area contributed by atoms with Crippen molar-refractivity contribution in [1.29, 1.82) is 5.26 Å². The molecule has 2 heterocycles. The summed E-state index contributed by atoms with van der Waals surface area (Å²) in [4.78, 5) is 29.3. The first-order valence-corrected chi connectivity index (χ1v) is 9.91. The summed E-state index contributed by atoms with van der Waals surface area (Å²) < 4.78 is 1.79. The Morgan fingerprint density at radius 2 is 1.84 bits per heavy atom. The van der Waals surface area contributed by atoms with Crippen LogP contribution in [0, 0.1) is 25.2 Å². The Morgan fingerprint density at radius 1 is 1.12 bits per heavy atom. The van der Waals surface area contributed by atoms with Crippen molar-refractivity contribution in [1.82, 2.24) is 14.8 Å². The molecular formula is C24H20N6O2. The number of aryl methyl sites for hydroxylation is 1. The van der Waals surface area contributed by atoms with Gasteiger partial charge in [0.05, 0.1) is 46.3 Å². The van der Waals surface area contributed by atoms with E-state index in [2.05, 4.69) is 21.5 Å². The van der Waals surface area contributed by atoms with Gasteiger partial charge in [-0.15, -0.1) is 0 Å². The number of rotatable bonds is 5. The molecule has 2 amide bonds. The lowest BCUT2D eigenvalue weighted by molar-refractivity contribution is 0.100. The number of benzene rings is 2. The lowest BCUT2D eigenvalue weighted by atomic mass is 10.1. The second-order valence-corrected chi connectivity index (χ2v) is 7.40. The third kappa shape index (κ3) is 3.91. The van der Waals surface area contributed by atoms with Crippen LogP contribution in [0.2, 0.25) is 0 Å². The summed E-state index contributed by atoms with van der Waals surface area (Å²) in [6.07, 6.45) is 0. The average molecular weight is 424 g/mol. The smallest absolute Gasteiger partial charge is 0.274 e. The zero-order valence-corrected chi connectivity index (χ0v) is 17.6. The second-order valence-electron chi connectivity index (χ2n) is 7.40. The highest BCUT2D eigenvalue weighted by Gasteiger charge is 2.19. The van der Waals surface area contributed by atoms with Crippen LogP contribution in [0.3, 0.4) is 0 Å². The molecule has 4 aromatic rings. The highest BCUT2D eigenvalue weighted by atomic mass is 16.2. The Hall–Kier alpha value is -4.51. The van der Waals surface area contributed by atoms with Crippen LogP contribution in [-0.2, 0) is 6.54 Å². The van der Waals surface area contributed by atoms with Gasteiger partial charge in [-0.3, -0.25) is 14.3 Å². The van der Waals surface area contributed by atoms with E-state index in [9.17, 15) is 9.59 Å². The molecule has 0 radical (unpaired) electrons. The summed E-state index contributed by atoms with van der Waals surface area (Å²) in [5.41, 5.74) is 9.95. The number of amides is 2. The number of hydrogen-bond acceptors (Lipinski definition) is 5. The van der Waals surface area contributed by atoms with Gasteiger partial charge < -0.3 is 11.1 Å². The monoisotopic (exact) mass is 424 g/mol. The Labute approximate surface area is 184 Å². The number of carbonyl (C=O) groups excluding carboxylic acids is 2. The van der Waals surface area contributed by atoms with Crippen LogP contribution in [0.15, 0.2) is 54.6 Å². The van der Waals surface area contributed by atoms with Gasteiger partial charge in [0, 0.05) is 5.39 Å². The first kappa shape index (κ1) is 20.8. The molecule has 0 bridgehead atoms. The number of pyridine rings is 1. The van der Waals surface area contributed by atoms with Gasteiger partial charge in [-0.1, -0.05) is 30.3 Å². The molecule has 4 rings (SSSR count). The minimum absolute atomic E-state index is 0.0937. The van der Waals surface area contributed by atoms with E-state index in [1.165, 1.54) is 6.07 Å². The fourth-order valence-electron chi connectivity index (χ4n) is 3.56. The van der Waals surface area contributed by atoms with Crippen LogP contribution in [0.1, 0.15) is 43.4 Å². The van der Waals surface area contributed by atoms with Crippen molar-refractivity contribution >= 4 is 28.4 Å². The maximum atomic E-state index is 13.0. The SMILES string of the molecule is Cc1nn(Cc2ccc(C#N)cc2)c(C)c1NC(=O)c1cc(C(N)=O)c2ccccc2n1. The lowest BCUT2D eigenvalue weighted by Gasteiger charge is -2.09. The van der Waals surface area contributed by atoms with Gasteiger partial charge in [0.2, 0.25) is 5.91 Å². The summed E-state index contributed by atoms with van der Waals surface area (Å²) in [5.74, 6) is -1.08. The molecule has 158 valence electrons. The number of nitrogens with two attached hydrogens (primary N) is 1. The topological polar surface area (TPSA) is 127 Å². The van der Waals surface area contributed by atoms with Crippen molar-refractivity contribution in [3.63, 3.8) is 0 Å². The number of hydrogen-bond donors (Lipinski definition) is 2. The summed E-state index contributed by atoms with van der Waals surface area (Å²) >= 11 is 0. The van der Waals surface area contributed by atoms with Crippen LogP contribution in [0.5, 0.6) is 0 Å². The molecule has 2 aromatic carbocycles. The van der Waals surface area contributed by atoms with E-state index in [1.807, 2.05) is 19.1 Å². The molecule has 0 spiro atoms. The number of primary amides is 1. The van der Waals surface area contributed by atoms with Gasteiger partial charge in [-0.25, -0.2) is 4.98 Å². The quantitative estimate of drug-likeness (QED) is 0.508. The fraction of sp³-hybridized carbons (Fsp3) is 0.125. The van der Waals surface area contributed by atoms with E-state index in [4.69, 9.17) is 11.0 Å². The van der Waals surface area contributed by atoms with Crippen LogP contribution in [0.4, 0.5) is 5.69 Å². The van der Waals surface area contributed by atoms with Gasteiger partial charge in [0.25, 0.3) is 5.91 Å². The fourth-order valence-corrected chi connectivity index (χ4v) is 3.56. The molecule has 32 heavy (non-hydrogen) atoms. The molecule has 8 heteroatoms. The van der Waals surface area contributed by atoms with E-state index in [1.54, 1.807) is 48.0 Å². The molecule has 0 unspecified atom stereocenters. The van der Waals surface area contributed by atoms with E-state index in [0.29, 0.717) is 34.4 Å². The highest BCUT2D eigenvalue weighted by Crippen LogP contribution is 2.23.